The second kappa shape index (κ2) is 8.61. The summed E-state index contributed by atoms with van der Waals surface area (Å²) >= 11 is 0. The minimum Gasteiger partial charge on any atom is -0.351 e. The molecule has 28 heavy (non-hydrogen) atoms. The highest BCUT2D eigenvalue weighted by molar-refractivity contribution is 7.90. The summed E-state index contributed by atoms with van der Waals surface area (Å²) in [4.78, 5) is 20.1. The number of nitrogens with zero attached hydrogens (tertiary/aromatic N) is 2. The van der Waals surface area contributed by atoms with Crippen molar-refractivity contribution in [2.45, 2.75) is 57.0 Å². The fraction of sp³-hybridized carbons (Fsp3) is 0.600. The number of hydrogen-bond donors (Lipinski definition) is 2. The summed E-state index contributed by atoms with van der Waals surface area (Å²) in [6.07, 6.45) is 2.42. The third-order valence-corrected chi connectivity index (χ3v) is 6.72. The molecule has 154 valence electrons. The van der Waals surface area contributed by atoms with Gasteiger partial charge in [0.15, 0.2) is 0 Å². The molecule has 0 bridgehead atoms. The molecule has 0 saturated carbocycles. The van der Waals surface area contributed by atoms with E-state index in [1.54, 1.807) is 24.3 Å². The Morgan fingerprint density at radius 3 is 2.61 bits per heavy atom. The lowest BCUT2D eigenvalue weighted by Gasteiger charge is -2.32. The van der Waals surface area contributed by atoms with Crippen molar-refractivity contribution in [2.75, 3.05) is 19.6 Å². The van der Waals surface area contributed by atoms with Gasteiger partial charge in [-0.1, -0.05) is 32.9 Å². The zero-order valence-electron chi connectivity index (χ0n) is 16.8. The number of carbonyl (C=O) groups excluding carboxylic acids is 1. The number of amides is 1. The summed E-state index contributed by atoms with van der Waals surface area (Å²) in [6.45, 7) is 9.22. The predicted octanol–water partition coefficient (Wildman–Crippen LogP) is 1.74. The van der Waals surface area contributed by atoms with Gasteiger partial charge in [-0.05, 0) is 43.9 Å². The molecule has 7 nitrogen and oxygen atoms in total. The van der Waals surface area contributed by atoms with Crippen LogP contribution in [-0.4, -0.2) is 56.8 Å². The van der Waals surface area contributed by atoms with E-state index in [0.29, 0.717) is 12.0 Å². The van der Waals surface area contributed by atoms with Crippen LogP contribution in [0.1, 0.15) is 45.6 Å². The molecular weight excluding hydrogens is 376 g/mol. The number of sulfonamides is 1. The van der Waals surface area contributed by atoms with Crippen LogP contribution in [0, 0.1) is 5.92 Å². The van der Waals surface area contributed by atoms with Gasteiger partial charge in [0.05, 0.1) is 4.90 Å². The van der Waals surface area contributed by atoms with Gasteiger partial charge in [0.2, 0.25) is 5.91 Å². The first kappa shape index (κ1) is 20.8. The number of hydrogen-bond acceptors (Lipinski definition) is 5. The van der Waals surface area contributed by atoms with E-state index < -0.39 is 16.1 Å². The average molecular weight is 407 g/mol. The molecule has 3 rings (SSSR count). The fourth-order valence-corrected chi connectivity index (χ4v) is 4.98. The van der Waals surface area contributed by atoms with Crippen molar-refractivity contribution in [3.8, 4) is 0 Å². The number of aliphatic imine (C=N–C) groups is 1. The van der Waals surface area contributed by atoms with E-state index in [-0.39, 0.29) is 28.6 Å². The molecule has 0 aromatic heterocycles. The van der Waals surface area contributed by atoms with Crippen molar-refractivity contribution in [1.29, 1.82) is 0 Å². The smallest absolute Gasteiger partial charge is 0.263 e. The first-order valence-electron chi connectivity index (χ1n) is 10.0. The Morgan fingerprint density at radius 2 is 1.96 bits per heavy atom. The van der Waals surface area contributed by atoms with E-state index in [9.17, 15) is 13.2 Å². The van der Waals surface area contributed by atoms with E-state index in [0.717, 1.165) is 32.5 Å². The quantitative estimate of drug-likeness (QED) is 0.753. The number of fused-ring (bicyclic) bond motifs is 1. The molecule has 1 amide bonds. The van der Waals surface area contributed by atoms with Crippen LogP contribution in [0.25, 0.3) is 0 Å². The molecule has 0 radical (unpaired) electrons. The molecule has 2 aliphatic heterocycles. The Balaban J connectivity index is 1.78. The predicted molar refractivity (Wildman–Crippen MR) is 110 cm³/mol. The Labute approximate surface area is 167 Å². The molecule has 0 spiro atoms. The molecule has 2 heterocycles. The van der Waals surface area contributed by atoms with Crippen LogP contribution in [0.15, 0.2) is 34.2 Å². The Kier molecular flexibility index (Phi) is 6.40. The van der Waals surface area contributed by atoms with Gasteiger partial charge >= 0.3 is 0 Å². The summed E-state index contributed by atoms with van der Waals surface area (Å²) in [7, 11) is -3.61. The van der Waals surface area contributed by atoms with Crippen LogP contribution in [0.5, 0.6) is 0 Å². The maximum Gasteiger partial charge on any atom is 0.263 e. The summed E-state index contributed by atoms with van der Waals surface area (Å²) in [5, 5.41) is 3.14. The highest BCUT2D eigenvalue weighted by Gasteiger charge is 2.32. The van der Waals surface area contributed by atoms with E-state index in [1.807, 2.05) is 13.8 Å². The molecular formula is C20H30N4O3S. The molecule has 8 heteroatoms. The average Bonchev–Trinajstić information content (AvgIpc) is 2.92. The van der Waals surface area contributed by atoms with Crippen molar-refractivity contribution in [3.63, 3.8) is 0 Å². The third-order valence-electron chi connectivity index (χ3n) is 5.33. The zero-order valence-corrected chi connectivity index (χ0v) is 17.6. The van der Waals surface area contributed by atoms with Gasteiger partial charge < -0.3 is 10.2 Å². The van der Waals surface area contributed by atoms with Crippen LogP contribution < -0.4 is 10.0 Å². The molecule has 1 aromatic rings. The lowest BCUT2D eigenvalue weighted by Crippen LogP contribution is -2.47. The zero-order chi connectivity index (χ0) is 20.3. The van der Waals surface area contributed by atoms with Crippen molar-refractivity contribution >= 4 is 21.8 Å². The first-order chi connectivity index (χ1) is 13.3. The van der Waals surface area contributed by atoms with Crippen molar-refractivity contribution in [1.82, 2.24) is 14.9 Å². The minimum absolute atomic E-state index is 0.125. The summed E-state index contributed by atoms with van der Waals surface area (Å²) in [5.41, 5.74) is 0.528. The van der Waals surface area contributed by atoms with E-state index >= 15 is 0 Å². The van der Waals surface area contributed by atoms with Crippen molar-refractivity contribution < 1.29 is 13.2 Å². The topological polar surface area (TPSA) is 90.9 Å². The van der Waals surface area contributed by atoms with Gasteiger partial charge in [-0.2, -0.15) is 0 Å². The van der Waals surface area contributed by atoms with Crippen molar-refractivity contribution in [2.24, 2.45) is 10.9 Å². The molecule has 1 aromatic carbocycles. The Morgan fingerprint density at radius 1 is 1.29 bits per heavy atom. The number of likely N-dealkylation sites (tertiary alicyclic amines) is 1. The largest absolute Gasteiger partial charge is 0.351 e. The van der Waals surface area contributed by atoms with Gasteiger partial charge in [0.25, 0.3) is 10.0 Å². The van der Waals surface area contributed by atoms with Crippen LogP contribution in [-0.2, 0) is 14.8 Å². The lowest BCUT2D eigenvalue weighted by molar-refractivity contribution is -0.123. The number of piperidine rings is 1. The molecule has 2 N–H and O–H groups in total. The van der Waals surface area contributed by atoms with Gasteiger partial charge in [-0.3, -0.25) is 14.5 Å². The van der Waals surface area contributed by atoms with Gasteiger partial charge in [-0.15, -0.1) is 0 Å². The second-order valence-electron chi connectivity index (χ2n) is 7.94. The lowest BCUT2D eigenvalue weighted by atomic mass is 10.0. The van der Waals surface area contributed by atoms with E-state index in [1.165, 1.54) is 0 Å². The normalized spacial score (nSPS) is 22.1. The standard InChI is InChI=1S/C20H30N4O3S/c1-4-24-11-9-15(10-12-24)21-20(25)17(13-14(2)3)22-19-16-7-5-6-8-18(16)28(26,27)23-19/h5-8,14-15,17H,4,9-13H2,1-3H3,(H,21,25)(H,22,23). The SMILES string of the molecule is CCN1CCC(NC(=O)C(CC(C)C)N=C2NS(=O)(=O)c3ccccc32)CC1. The number of rotatable bonds is 6. The number of amidine groups is 1. The Hall–Kier alpha value is -1.93. The molecule has 1 saturated heterocycles. The van der Waals surface area contributed by atoms with Crippen molar-refractivity contribution in [3.05, 3.63) is 29.8 Å². The van der Waals surface area contributed by atoms with Gasteiger partial charge in [0.1, 0.15) is 11.9 Å². The molecule has 0 aliphatic carbocycles. The molecule has 2 aliphatic rings. The maximum absolute atomic E-state index is 13.0. The van der Waals surface area contributed by atoms with Gasteiger partial charge in [-0.25, -0.2) is 8.42 Å². The highest BCUT2D eigenvalue weighted by Crippen LogP contribution is 2.23. The molecule has 1 atom stereocenters. The summed E-state index contributed by atoms with van der Waals surface area (Å²) < 4.78 is 27.1. The number of carbonyl (C=O) groups is 1. The summed E-state index contributed by atoms with van der Waals surface area (Å²) in [5.74, 6) is 0.396. The van der Waals surface area contributed by atoms with Crippen LogP contribution in [0.4, 0.5) is 0 Å². The molecule has 1 fully saturated rings. The van der Waals surface area contributed by atoms with Crippen LogP contribution >= 0.6 is 0 Å². The van der Waals surface area contributed by atoms with Crippen LogP contribution in [0.3, 0.4) is 0 Å². The second-order valence-corrected chi connectivity index (χ2v) is 9.59. The minimum atomic E-state index is -3.61. The fourth-order valence-electron chi connectivity index (χ4n) is 3.74. The van der Waals surface area contributed by atoms with Crippen LogP contribution in [0.2, 0.25) is 0 Å². The highest BCUT2D eigenvalue weighted by atomic mass is 32.2. The summed E-state index contributed by atoms with van der Waals surface area (Å²) in [6, 6.07) is 6.26. The molecule has 1 unspecified atom stereocenters. The van der Waals surface area contributed by atoms with E-state index in [2.05, 4.69) is 26.9 Å². The maximum atomic E-state index is 13.0. The monoisotopic (exact) mass is 406 g/mol. The van der Waals surface area contributed by atoms with E-state index in [4.69, 9.17) is 0 Å². The Bertz CT molecular complexity index is 843. The first-order valence-corrected chi connectivity index (χ1v) is 11.5. The number of benzene rings is 1. The van der Waals surface area contributed by atoms with Gasteiger partial charge in [0, 0.05) is 24.7 Å². The number of nitrogens with one attached hydrogen (secondary N) is 2. The third kappa shape index (κ3) is 4.72.